The Balaban J connectivity index is 1.63. The van der Waals surface area contributed by atoms with Crippen LogP contribution in [-0.2, 0) is 4.79 Å². The molecular weight excluding hydrogens is 402 g/mol. The Morgan fingerprint density at radius 1 is 1.00 bits per heavy atom. The third kappa shape index (κ3) is 3.77. The van der Waals surface area contributed by atoms with Crippen LogP contribution in [0.15, 0.2) is 48.5 Å². The Kier molecular flexibility index (Phi) is 5.64. The minimum atomic E-state index is -0.417. The summed E-state index contributed by atoms with van der Waals surface area (Å²) >= 11 is 0. The van der Waals surface area contributed by atoms with E-state index < -0.39 is 5.92 Å². The van der Waals surface area contributed by atoms with Crippen LogP contribution in [0, 0.1) is 0 Å². The quantitative estimate of drug-likeness (QED) is 0.743. The van der Waals surface area contributed by atoms with Crippen molar-refractivity contribution in [2.75, 3.05) is 40.3 Å². The summed E-state index contributed by atoms with van der Waals surface area (Å²) in [7, 11) is 3.76. The number of amides is 2. The van der Waals surface area contributed by atoms with Crippen LogP contribution in [0.3, 0.4) is 0 Å². The van der Waals surface area contributed by atoms with E-state index in [0.717, 1.165) is 62.3 Å². The molecule has 0 aromatic heterocycles. The second-order valence-corrected chi connectivity index (χ2v) is 9.21. The highest BCUT2D eigenvalue weighted by atomic mass is 16.5. The number of ether oxygens (including phenoxy) is 1. The lowest BCUT2D eigenvalue weighted by Gasteiger charge is -2.43. The molecule has 0 spiro atoms. The summed E-state index contributed by atoms with van der Waals surface area (Å²) in [5.41, 5.74) is 2.48. The number of hydrogen-bond donors (Lipinski definition) is 0. The van der Waals surface area contributed by atoms with Crippen LogP contribution in [-0.4, -0.2) is 72.9 Å². The van der Waals surface area contributed by atoms with Crippen molar-refractivity contribution in [1.29, 1.82) is 0 Å². The zero-order valence-electron chi connectivity index (χ0n) is 18.9. The topological polar surface area (TPSA) is 53.1 Å². The molecule has 2 aromatic rings. The number of benzene rings is 2. The predicted octanol–water partition coefficient (Wildman–Crippen LogP) is 3.30. The number of fused-ring (bicyclic) bond motifs is 1. The molecule has 2 heterocycles. The Morgan fingerprint density at radius 2 is 1.81 bits per heavy atom. The maximum absolute atomic E-state index is 14.1. The van der Waals surface area contributed by atoms with Gasteiger partial charge in [-0.3, -0.25) is 9.59 Å². The highest BCUT2D eigenvalue weighted by molar-refractivity contribution is 6.01. The van der Waals surface area contributed by atoms with Crippen LogP contribution in [0.2, 0.25) is 0 Å². The van der Waals surface area contributed by atoms with Gasteiger partial charge in [-0.2, -0.15) is 0 Å². The molecule has 0 N–H and O–H groups in total. The molecule has 1 saturated heterocycles. The summed E-state index contributed by atoms with van der Waals surface area (Å²) in [6.07, 6.45) is 2.94. The number of carbonyl (C=O) groups excluding carboxylic acids is 2. The second kappa shape index (κ2) is 8.58. The van der Waals surface area contributed by atoms with Crippen molar-refractivity contribution in [3.63, 3.8) is 0 Å². The number of hydrogen-bond acceptors (Lipinski definition) is 4. The number of rotatable bonds is 4. The van der Waals surface area contributed by atoms with E-state index in [2.05, 4.69) is 11.9 Å². The number of likely N-dealkylation sites (N-methyl/N-ethyl adjacent to an activating group) is 1. The van der Waals surface area contributed by atoms with E-state index in [1.54, 1.807) is 7.11 Å². The lowest BCUT2D eigenvalue weighted by atomic mass is 9.78. The average molecular weight is 434 g/mol. The van der Waals surface area contributed by atoms with Gasteiger partial charge in [-0.1, -0.05) is 30.3 Å². The Labute approximate surface area is 189 Å². The maximum atomic E-state index is 14.1. The van der Waals surface area contributed by atoms with Crippen LogP contribution < -0.4 is 4.74 Å². The molecule has 2 fully saturated rings. The van der Waals surface area contributed by atoms with Crippen LogP contribution in [0.4, 0.5) is 0 Å². The number of methoxy groups -OCH3 is 1. The highest BCUT2D eigenvalue weighted by Crippen LogP contribution is 2.48. The van der Waals surface area contributed by atoms with E-state index in [0.29, 0.717) is 5.56 Å². The van der Waals surface area contributed by atoms with Gasteiger partial charge in [0.25, 0.3) is 5.91 Å². The Bertz CT molecular complexity index is 1020. The van der Waals surface area contributed by atoms with Crippen molar-refractivity contribution in [1.82, 2.24) is 14.7 Å². The first-order chi connectivity index (χ1) is 15.6. The predicted molar refractivity (Wildman–Crippen MR) is 123 cm³/mol. The van der Waals surface area contributed by atoms with Crippen LogP contribution in [0.5, 0.6) is 5.75 Å². The molecular formula is C26H31N3O3. The molecule has 1 aliphatic carbocycles. The molecule has 6 nitrogen and oxygen atoms in total. The molecule has 1 saturated carbocycles. The molecule has 0 bridgehead atoms. The minimum Gasteiger partial charge on any atom is -0.497 e. The fourth-order valence-electron chi connectivity index (χ4n) is 5.21. The number of carbonyl (C=O) groups is 2. The first-order valence-electron chi connectivity index (χ1n) is 11.6. The van der Waals surface area contributed by atoms with Crippen molar-refractivity contribution in [3.8, 4) is 5.75 Å². The van der Waals surface area contributed by atoms with Gasteiger partial charge in [0, 0.05) is 31.2 Å². The van der Waals surface area contributed by atoms with E-state index in [9.17, 15) is 9.59 Å². The van der Waals surface area contributed by atoms with Gasteiger partial charge < -0.3 is 19.4 Å². The fourth-order valence-corrected chi connectivity index (χ4v) is 5.21. The normalized spacial score (nSPS) is 24.1. The zero-order valence-corrected chi connectivity index (χ0v) is 18.9. The van der Waals surface area contributed by atoms with Gasteiger partial charge in [0.2, 0.25) is 5.91 Å². The summed E-state index contributed by atoms with van der Waals surface area (Å²) < 4.78 is 5.49. The summed E-state index contributed by atoms with van der Waals surface area (Å²) in [5.74, 6) is 0.487. The smallest absolute Gasteiger partial charge is 0.254 e. The van der Waals surface area contributed by atoms with E-state index in [1.165, 1.54) is 0 Å². The largest absolute Gasteiger partial charge is 0.497 e. The van der Waals surface area contributed by atoms with Gasteiger partial charge in [0.05, 0.1) is 19.1 Å². The number of nitrogens with zero attached hydrogens (tertiary/aromatic N) is 3. The first-order valence-corrected chi connectivity index (χ1v) is 11.6. The monoisotopic (exact) mass is 433 g/mol. The lowest BCUT2D eigenvalue weighted by molar-refractivity contribution is -0.134. The summed E-state index contributed by atoms with van der Waals surface area (Å²) in [6, 6.07) is 15.4. The Morgan fingerprint density at radius 3 is 2.59 bits per heavy atom. The van der Waals surface area contributed by atoms with Crippen molar-refractivity contribution < 1.29 is 14.3 Å². The van der Waals surface area contributed by atoms with Crippen molar-refractivity contribution in [2.45, 2.75) is 37.3 Å². The molecule has 6 heteroatoms. The average Bonchev–Trinajstić information content (AvgIpc) is 3.67. The van der Waals surface area contributed by atoms with Crippen molar-refractivity contribution in [3.05, 3.63) is 65.2 Å². The zero-order chi connectivity index (χ0) is 22.2. The molecule has 0 radical (unpaired) electrons. The van der Waals surface area contributed by atoms with E-state index in [4.69, 9.17) is 4.74 Å². The van der Waals surface area contributed by atoms with Crippen molar-refractivity contribution in [2.24, 2.45) is 0 Å². The third-order valence-electron chi connectivity index (χ3n) is 7.05. The van der Waals surface area contributed by atoms with Crippen molar-refractivity contribution >= 4 is 11.8 Å². The molecule has 2 unspecified atom stereocenters. The minimum absolute atomic E-state index is 0.0376. The molecule has 3 aliphatic rings. The van der Waals surface area contributed by atoms with Gasteiger partial charge in [0.15, 0.2) is 0 Å². The van der Waals surface area contributed by atoms with E-state index in [-0.39, 0.29) is 23.9 Å². The Hall–Kier alpha value is -2.86. The van der Waals surface area contributed by atoms with Gasteiger partial charge in [0.1, 0.15) is 5.75 Å². The van der Waals surface area contributed by atoms with E-state index in [1.807, 2.05) is 58.3 Å². The summed E-state index contributed by atoms with van der Waals surface area (Å²) in [6.45, 7) is 3.34. The van der Waals surface area contributed by atoms with E-state index >= 15 is 0 Å². The molecule has 2 amide bonds. The fraction of sp³-hybridized carbons (Fsp3) is 0.462. The first kappa shape index (κ1) is 21.0. The maximum Gasteiger partial charge on any atom is 0.254 e. The van der Waals surface area contributed by atoms with Gasteiger partial charge in [-0.25, -0.2) is 0 Å². The summed E-state index contributed by atoms with van der Waals surface area (Å²) in [5, 5.41) is 0. The SMILES string of the molecule is COc1cccc(C2C(C(=O)N3CCCN(C)CC3)c3ccccc3C(=O)N2C2CC2)c1. The van der Waals surface area contributed by atoms with Gasteiger partial charge in [-0.05, 0) is 62.2 Å². The van der Waals surface area contributed by atoms with Crippen LogP contribution in [0.1, 0.15) is 52.7 Å². The van der Waals surface area contributed by atoms with Crippen LogP contribution >= 0.6 is 0 Å². The molecule has 32 heavy (non-hydrogen) atoms. The summed E-state index contributed by atoms with van der Waals surface area (Å²) in [4.78, 5) is 34.1. The lowest BCUT2D eigenvalue weighted by Crippen LogP contribution is -2.49. The molecule has 2 aromatic carbocycles. The molecule has 5 rings (SSSR count). The highest BCUT2D eigenvalue weighted by Gasteiger charge is 2.50. The second-order valence-electron chi connectivity index (χ2n) is 9.21. The standard InChI is InChI=1S/C26H31N3O3/c1-27-13-6-14-28(16-15-27)26(31)23-21-9-3-4-10-22(21)25(30)29(19-11-12-19)24(23)18-7-5-8-20(17-18)32-2/h3-5,7-10,17,19,23-24H,6,11-16H2,1-2H3. The van der Waals surface area contributed by atoms with Gasteiger partial charge >= 0.3 is 0 Å². The third-order valence-corrected chi connectivity index (χ3v) is 7.05. The molecule has 168 valence electrons. The molecule has 2 aliphatic heterocycles. The van der Waals surface area contributed by atoms with Gasteiger partial charge in [-0.15, -0.1) is 0 Å². The molecule has 2 atom stereocenters. The van der Waals surface area contributed by atoms with Crippen LogP contribution in [0.25, 0.3) is 0 Å².